The fourth-order valence-corrected chi connectivity index (χ4v) is 1.97. The Hall–Kier alpha value is -0.440. The van der Waals surface area contributed by atoms with Gasteiger partial charge in [-0.05, 0) is 12.0 Å². The third-order valence-electron chi connectivity index (χ3n) is 2.15. The van der Waals surface area contributed by atoms with Crippen LogP contribution < -0.4 is 0 Å². The second-order valence-corrected chi connectivity index (χ2v) is 4.62. The van der Waals surface area contributed by atoms with Crippen molar-refractivity contribution in [3.63, 3.8) is 0 Å². The Labute approximate surface area is 98.2 Å². The van der Waals surface area contributed by atoms with Crippen LogP contribution in [0, 0.1) is 0 Å². The van der Waals surface area contributed by atoms with Crippen molar-refractivity contribution in [2.24, 2.45) is 0 Å². The summed E-state index contributed by atoms with van der Waals surface area (Å²) in [6, 6.07) is 0. The highest BCUT2D eigenvalue weighted by atomic mass is 127. The molecule has 0 unspecified atom stereocenters. The van der Waals surface area contributed by atoms with Crippen LogP contribution in [0.5, 0.6) is 0 Å². The molecule has 2 heterocycles. The molecule has 0 N–H and O–H groups in total. The summed E-state index contributed by atoms with van der Waals surface area (Å²) in [7, 11) is 0. The summed E-state index contributed by atoms with van der Waals surface area (Å²) in [5.41, 5.74) is 1.30. The number of alkyl halides is 3. The van der Waals surface area contributed by atoms with Crippen LogP contribution in [-0.4, -0.2) is 19.6 Å². The largest absolute Gasteiger partial charge is 0.451 e. The van der Waals surface area contributed by atoms with Crippen molar-refractivity contribution >= 4 is 22.9 Å². The number of halogens is 4. The van der Waals surface area contributed by atoms with Gasteiger partial charge in [0.05, 0.1) is 12.2 Å². The third-order valence-corrected chi connectivity index (χ3v) is 2.98. The topological polar surface area (TPSA) is 29.0 Å². The zero-order valence-corrected chi connectivity index (χ0v) is 9.71. The quantitative estimate of drug-likeness (QED) is 0.540. The first-order valence-electron chi connectivity index (χ1n) is 4.29. The van der Waals surface area contributed by atoms with E-state index >= 15 is 0 Å². The van der Waals surface area contributed by atoms with E-state index in [1.807, 2.05) is 3.11 Å². The molecule has 1 aliphatic heterocycles. The Morgan fingerprint density at radius 2 is 2.13 bits per heavy atom. The van der Waals surface area contributed by atoms with Crippen molar-refractivity contribution < 1.29 is 13.2 Å². The lowest BCUT2D eigenvalue weighted by atomic mass is 10.1. The average molecular weight is 329 g/mol. The Balaban J connectivity index is 2.37. The maximum absolute atomic E-state index is 12.3. The molecule has 82 valence electrons. The molecule has 15 heavy (non-hydrogen) atoms. The van der Waals surface area contributed by atoms with E-state index in [9.17, 15) is 13.2 Å². The second kappa shape index (κ2) is 3.85. The van der Waals surface area contributed by atoms with Crippen LogP contribution in [0.15, 0.2) is 6.20 Å². The maximum atomic E-state index is 12.3. The van der Waals surface area contributed by atoms with Gasteiger partial charge in [-0.1, -0.05) is 0 Å². The van der Waals surface area contributed by atoms with Crippen molar-refractivity contribution in [2.75, 3.05) is 6.54 Å². The summed E-state index contributed by atoms with van der Waals surface area (Å²) >= 11 is 2.08. The molecule has 0 spiro atoms. The van der Waals surface area contributed by atoms with Gasteiger partial charge in [-0.15, -0.1) is 0 Å². The van der Waals surface area contributed by atoms with Crippen molar-refractivity contribution in [3.05, 3.63) is 23.3 Å². The lowest BCUT2D eigenvalue weighted by Crippen LogP contribution is -2.25. The van der Waals surface area contributed by atoms with E-state index in [4.69, 9.17) is 0 Å². The van der Waals surface area contributed by atoms with E-state index in [-0.39, 0.29) is 0 Å². The number of hydrogen-bond acceptors (Lipinski definition) is 3. The number of hydrogen-bond donors (Lipinski definition) is 0. The normalized spacial score (nSPS) is 17.6. The number of aromatic nitrogens is 2. The van der Waals surface area contributed by atoms with Gasteiger partial charge < -0.3 is 0 Å². The fourth-order valence-electron chi connectivity index (χ4n) is 1.41. The molecule has 0 saturated carbocycles. The molecule has 0 fully saturated rings. The number of fused-ring (bicyclic) bond motifs is 1. The molecule has 2 rings (SSSR count). The van der Waals surface area contributed by atoms with Gasteiger partial charge in [-0.3, -0.25) is 0 Å². The molecule has 0 amide bonds. The Morgan fingerprint density at radius 1 is 1.40 bits per heavy atom. The summed E-state index contributed by atoms with van der Waals surface area (Å²) in [4.78, 5) is 6.88. The van der Waals surface area contributed by atoms with E-state index in [1.165, 1.54) is 6.20 Å². The minimum absolute atomic E-state index is 0.446. The Kier molecular flexibility index (Phi) is 2.84. The SMILES string of the molecule is FC(F)(F)c1ncc2c(n1)CN(I)CC2. The first kappa shape index (κ1) is 11.1. The van der Waals surface area contributed by atoms with Crippen LogP contribution in [0.3, 0.4) is 0 Å². The molecule has 3 nitrogen and oxygen atoms in total. The van der Waals surface area contributed by atoms with Crippen LogP contribution in [0.25, 0.3) is 0 Å². The maximum Gasteiger partial charge on any atom is 0.451 e. The van der Waals surface area contributed by atoms with Crippen LogP contribution in [0.4, 0.5) is 13.2 Å². The zero-order valence-electron chi connectivity index (χ0n) is 7.55. The van der Waals surface area contributed by atoms with E-state index in [1.54, 1.807) is 0 Å². The standard InChI is InChI=1S/C8H7F3IN3/c9-8(10,11)7-13-3-5-1-2-15(12)4-6(5)14-7/h3H,1-2,4H2. The molecule has 1 aliphatic rings. The number of rotatable bonds is 0. The predicted octanol–water partition coefficient (Wildman–Crippen LogP) is 2.20. The van der Waals surface area contributed by atoms with E-state index in [2.05, 4.69) is 32.8 Å². The molecule has 1 aromatic rings. The van der Waals surface area contributed by atoms with Gasteiger partial charge in [-0.2, -0.15) is 13.2 Å². The molecule has 1 aromatic heterocycles. The highest BCUT2D eigenvalue weighted by Crippen LogP contribution is 2.28. The lowest BCUT2D eigenvalue weighted by Gasteiger charge is -2.22. The minimum atomic E-state index is -4.46. The van der Waals surface area contributed by atoms with E-state index in [0.717, 1.165) is 12.1 Å². The summed E-state index contributed by atoms with van der Waals surface area (Å²) in [6.07, 6.45) is -2.46. The Bertz CT molecular complexity index is 380. The minimum Gasteiger partial charge on any atom is -0.241 e. The van der Waals surface area contributed by atoms with Crippen LogP contribution in [0.2, 0.25) is 0 Å². The van der Waals surface area contributed by atoms with Gasteiger partial charge in [-0.25, -0.2) is 13.1 Å². The van der Waals surface area contributed by atoms with Gasteiger partial charge in [0.1, 0.15) is 0 Å². The van der Waals surface area contributed by atoms with Gasteiger partial charge in [0.15, 0.2) is 0 Å². The lowest BCUT2D eigenvalue weighted by molar-refractivity contribution is -0.145. The third kappa shape index (κ3) is 2.39. The first-order chi connectivity index (χ1) is 6.97. The van der Waals surface area contributed by atoms with Crippen LogP contribution in [0.1, 0.15) is 17.1 Å². The molecule has 0 atom stereocenters. The van der Waals surface area contributed by atoms with E-state index in [0.29, 0.717) is 18.7 Å². The molecule has 7 heteroatoms. The van der Waals surface area contributed by atoms with Gasteiger partial charge >= 0.3 is 6.18 Å². The molecule has 0 bridgehead atoms. The molecule has 0 aromatic carbocycles. The average Bonchev–Trinajstić information content (AvgIpc) is 2.15. The highest BCUT2D eigenvalue weighted by Gasteiger charge is 2.35. The summed E-state index contributed by atoms with van der Waals surface area (Å²) in [6.45, 7) is 1.27. The summed E-state index contributed by atoms with van der Waals surface area (Å²) < 4.78 is 38.9. The van der Waals surface area contributed by atoms with Crippen molar-refractivity contribution in [2.45, 2.75) is 19.1 Å². The zero-order chi connectivity index (χ0) is 11.1. The van der Waals surface area contributed by atoms with Crippen molar-refractivity contribution in [3.8, 4) is 0 Å². The van der Waals surface area contributed by atoms with Gasteiger partial charge in [0.2, 0.25) is 5.82 Å². The first-order valence-corrected chi connectivity index (χ1v) is 5.26. The molecule has 0 radical (unpaired) electrons. The molecular formula is C8H7F3IN3. The van der Waals surface area contributed by atoms with Crippen LogP contribution in [-0.2, 0) is 19.1 Å². The molecule has 0 aliphatic carbocycles. The van der Waals surface area contributed by atoms with Gasteiger partial charge in [0.25, 0.3) is 0 Å². The summed E-state index contributed by atoms with van der Waals surface area (Å²) in [5, 5.41) is 0. The number of nitrogens with zero attached hydrogens (tertiary/aromatic N) is 3. The smallest absolute Gasteiger partial charge is 0.241 e. The fraction of sp³-hybridized carbons (Fsp3) is 0.500. The van der Waals surface area contributed by atoms with Crippen molar-refractivity contribution in [1.29, 1.82) is 0 Å². The summed E-state index contributed by atoms with van der Waals surface area (Å²) in [5.74, 6) is -1.05. The second-order valence-electron chi connectivity index (χ2n) is 3.26. The molecular weight excluding hydrogens is 322 g/mol. The predicted molar refractivity (Wildman–Crippen MR) is 55.2 cm³/mol. The monoisotopic (exact) mass is 329 g/mol. The van der Waals surface area contributed by atoms with Gasteiger partial charge in [0, 0.05) is 35.6 Å². The van der Waals surface area contributed by atoms with Crippen LogP contribution >= 0.6 is 22.9 Å². The van der Waals surface area contributed by atoms with E-state index < -0.39 is 12.0 Å². The Morgan fingerprint density at radius 3 is 2.80 bits per heavy atom. The highest BCUT2D eigenvalue weighted by molar-refractivity contribution is 14.1. The van der Waals surface area contributed by atoms with Crippen molar-refractivity contribution in [1.82, 2.24) is 13.1 Å². The molecule has 0 saturated heterocycles.